The molecule has 1 aromatic carbocycles. The number of hydrogen-bond acceptors (Lipinski definition) is 4. The molecule has 17 heavy (non-hydrogen) atoms. The molecule has 0 radical (unpaired) electrons. The quantitative estimate of drug-likeness (QED) is 0.643. The maximum Gasteiger partial charge on any atom is 0.343 e. The number of benzene rings is 1. The number of carbonyl (C=O) groups is 1. The van der Waals surface area contributed by atoms with Crippen molar-refractivity contribution in [3.8, 4) is 11.5 Å². The van der Waals surface area contributed by atoms with E-state index in [1.54, 1.807) is 20.8 Å². The summed E-state index contributed by atoms with van der Waals surface area (Å²) in [6, 6.07) is 1.27. The SMILES string of the molecule is Cc1c([C@H](C)[C@@H](C)O)cc(O)c(C(=O)O)c1O. The van der Waals surface area contributed by atoms with E-state index >= 15 is 0 Å². The van der Waals surface area contributed by atoms with Crippen LogP contribution in [-0.2, 0) is 0 Å². The van der Waals surface area contributed by atoms with E-state index in [1.807, 2.05) is 0 Å². The summed E-state index contributed by atoms with van der Waals surface area (Å²) in [5.74, 6) is -2.66. The van der Waals surface area contributed by atoms with Gasteiger partial charge in [0.15, 0.2) is 0 Å². The molecule has 2 atom stereocenters. The lowest BCUT2D eigenvalue weighted by Crippen LogP contribution is -2.13. The van der Waals surface area contributed by atoms with Crippen LogP contribution < -0.4 is 0 Å². The highest BCUT2D eigenvalue weighted by atomic mass is 16.4. The van der Waals surface area contributed by atoms with Crippen molar-refractivity contribution in [2.45, 2.75) is 32.8 Å². The minimum Gasteiger partial charge on any atom is -0.507 e. The lowest BCUT2D eigenvalue weighted by Gasteiger charge is -2.19. The van der Waals surface area contributed by atoms with E-state index in [0.29, 0.717) is 11.1 Å². The highest BCUT2D eigenvalue weighted by molar-refractivity contribution is 5.94. The van der Waals surface area contributed by atoms with Crippen LogP contribution in [0.2, 0.25) is 0 Å². The lowest BCUT2D eigenvalue weighted by atomic mass is 9.90. The summed E-state index contributed by atoms with van der Waals surface area (Å²) < 4.78 is 0. The van der Waals surface area contributed by atoms with Crippen molar-refractivity contribution < 1.29 is 25.2 Å². The molecule has 0 aliphatic heterocycles. The van der Waals surface area contributed by atoms with Crippen LogP contribution in [-0.4, -0.2) is 32.5 Å². The Morgan fingerprint density at radius 3 is 2.24 bits per heavy atom. The zero-order chi connectivity index (χ0) is 13.3. The van der Waals surface area contributed by atoms with Crippen molar-refractivity contribution in [1.82, 2.24) is 0 Å². The summed E-state index contributed by atoms with van der Waals surface area (Å²) >= 11 is 0. The molecule has 5 nitrogen and oxygen atoms in total. The van der Waals surface area contributed by atoms with Crippen molar-refractivity contribution >= 4 is 5.97 Å². The van der Waals surface area contributed by atoms with Gasteiger partial charge in [-0.15, -0.1) is 0 Å². The monoisotopic (exact) mass is 240 g/mol. The summed E-state index contributed by atoms with van der Waals surface area (Å²) in [7, 11) is 0. The average Bonchev–Trinajstić information content (AvgIpc) is 2.21. The zero-order valence-corrected chi connectivity index (χ0v) is 9.93. The van der Waals surface area contributed by atoms with Gasteiger partial charge in [-0.25, -0.2) is 4.79 Å². The predicted octanol–water partition coefficient (Wildman–Crippen LogP) is 1.59. The van der Waals surface area contributed by atoms with Crippen LogP contribution >= 0.6 is 0 Å². The van der Waals surface area contributed by atoms with Crippen molar-refractivity contribution in [2.75, 3.05) is 0 Å². The smallest absolute Gasteiger partial charge is 0.343 e. The van der Waals surface area contributed by atoms with E-state index in [2.05, 4.69) is 0 Å². The number of carboxylic acid groups (broad SMARTS) is 1. The Balaban J connectivity index is 3.44. The normalized spacial score (nSPS) is 14.4. The van der Waals surface area contributed by atoms with E-state index in [0.717, 1.165) is 0 Å². The fraction of sp³-hybridized carbons (Fsp3) is 0.417. The fourth-order valence-corrected chi connectivity index (χ4v) is 1.72. The summed E-state index contributed by atoms with van der Waals surface area (Å²) in [4.78, 5) is 10.8. The van der Waals surface area contributed by atoms with Crippen LogP contribution in [0, 0.1) is 6.92 Å². The van der Waals surface area contributed by atoms with Gasteiger partial charge in [0, 0.05) is 5.92 Å². The molecular weight excluding hydrogens is 224 g/mol. The van der Waals surface area contributed by atoms with Crippen LogP contribution in [0.3, 0.4) is 0 Å². The molecule has 0 spiro atoms. The van der Waals surface area contributed by atoms with Gasteiger partial charge < -0.3 is 20.4 Å². The van der Waals surface area contributed by atoms with Crippen molar-refractivity contribution in [3.63, 3.8) is 0 Å². The molecule has 0 bridgehead atoms. The molecule has 0 amide bonds. The number of hydrogen-bond donors (Lipinski definition) is 4. The first-order chi connectivity index (χ1) is 7.77. The van der Waals surface area contributed by atoms with Gasteiger partial charge in [0.25, 0.3) is 0 Å². The van der Waals surface area contributed by atoms with Gasteiger partial charge in [-0.1, -0.05) is 6.92 Å². The Kier molecular flexibility index (Phi) is 3.63. The first kappa shape index (κ1) is 13.3. The summed E-state index contributed by atoms with van der Waals surface area (Å²) in [5.41, 5.74) is 0.373. The number of phenols is 2. The second-order valence-electron chi connectivity index (χ2n) is 4.17. The topological polar surface area (TPSA) is 98.0 Å². The van der Waals surface area contributed by atoms with Gasteiger partial charge >= 0.3 is 5.97 Å². The van der Waals surface area contributed by atoms with E-state index < -0.39 is 29.1 Å². The van der Waals surface area contributed by atoms with Gasteiger partial charge in [-0.3, -0.25) is 0 Å². The highest BCUT2D eigenvalue weighted by Gasteiger charge is 2.23. The van der Waals surface area contributed by atoms with Gasteiger partial charge in [-0.2, -0.15) is 0 Å². The molecule has 0 unspecified atom stereocenters. The minimum atomic E-state index is -1.39. The Bertz CT molecular complexity index is 451. The molecule has 4 N–H and O–H groups in total. The Morgan fingerprint density at radius 2 is 1.82 bits per heavy atom. The molecule has 1 rings (SSSR count). The molecule has 94 valence electrons. The standard InChI is InChI=1S/C12H16O5/c1-5(7(3)13)8-4-9(14)10(12(16)17)11(15)6(8)2/h4-5,7,13-15H,1-3H3,(H,16,17)/t5-,7-/m1/s1. The van der Waals surface area contributed by atoms with Gasteiger partial charge in [0.05, 0.1) is 6.10 Å². The lowest BCUT2D eigenvalue weighted by molar-refractivity contribution is 0.0690. The van der Waals surface area contributed by atoms with Crippen LogP contribution in [0.4, 0.5) is 0 Å². The van der Waals surface area contributed by atoms with Crippen LogP contribution in [0.5, 0.6) is 11.5 Å². The largest absolute Gasteiger partial charge is 0.507 e. The summed E-state index contributed by atoms with van der Waals surface area (Å²) in [6.45, 7) is 4.87. The first-order valence-electron chi connectivity index (χ1n) is 5.24. The Hall–Kier alpha value is -1.75. The van der Waals surface area contributed by atoms with Crippen LogP contribution in [0.15, 0.2) is 6.07 Å². The second kappa shape index (κ2) is 4.63. The Morgan fingerprint density at radius 1 is 1.29 bits per heavy atom. The maximum absolute atomic E-state index is 10.8. The number of aromatic hydroxyl groups is 2. The number of rotatable bonds is 3. The van der Waals surface area contributed by atoms with Crippen LogP contribution in [0.25, 0.3) is 0 Å². The van der Waals surface area contributed by atoms with E-state index in [1.165, 1.54) is 6.07 Å². The summed E-state index contributed by atoms with van der Waals surface area (Å²) in [6.07, 6.45) is -0.664. The number of aromatic carboxylic acids is 1. The minimum absolute atomic E-state index is 0.311. The Labute approximate surface area is 99.0 Å². The zero-order valence-electron chi connectivity index (χ0n) is 9.93. The number of aliphatic hydroxyl groups is 1. The number of aliphatic hydroxyl groups excluding tert-OH is 1. The molecule has 5 heteroatoms. The third kappa shape index (κ3) is 2.34. The highest BCUT2D eigenvalue weighted by Crippen LogP contribution is 2.37. The maximum atomic E-state index is 10.8. The molecular formula is C12H16O5. The second-order valence-corrected chi connectivity index (χ2v) is 4.17. The summed E-state index contributed by atoms with van der Waals surface area (Å²) in [5, 5.41) is 37.6. The number of carboxylic acids is 1. The van der Waals surface area contributed by atoms with Gasteiger partial charge in [0.1, 0.15) is 17.1 Å². The molecule has 0 fully saturated rings. The van der Waals surface area contributed by atoms with E-state index in [-0.39, 0.29) is 5.92 Å². The van der Waals surface area contributed by atoms with Gasteiger partial charge in [0.2, 0.25) is 0 Å². The molecule has 0 saturated heterocycles. The molecule has 0 aliphatic rings. The molecule has 0 heterocycles. The van der Waals surface area contributed by atoms with Gasteiger partial charge in [-0.05, 0) is 31.0 Å². The predicted molar refractivity (Wildman–Crippen MR) is 61.6 cm³/mol. The van der Waals surface area contributed by atoms with E-state index in [9.17, 15) is 20.1 Å². The average molecular weight is 240 g/mol. The molecule has 1 aromatic rings. The van der Waals surface area contributed by atoms with E-state index in [4.69, 9.17) is 5.11 Å². The fourth-order valence-electron chi connectivity index (χ4n) is 1.72. The van der Waals surface area contributed by atoms with Crippen molar-refractivity contribution in [1.29, 1.82) is 0 Å². The first-order valence-corrected chi connectivity index (χ1v) is 5.24. The van der Waals surface area contributed by atoms with Crippen LogP contribution in [0.1, 0.15) is 41.3 Å². The molecule has 0 aromatic heterocycles. The third-order valence-electron chi connectivity index (χ3n) is 3.00. The van der Waals surface area contributed by atoms with Crippen molar-refractivity contribution in [3.05, 3.63) is 22.8 Å². The van der Waals surface area contributed by atoms with Crippen molar-refractivity contribution in [2.24, 2.45) is 0 Å². The molecule has 0 aliphatic carbocycles. The third-order valence-corrected chi connectivity index (χ3v) is 3.00. The molecule has 0 saturated carbocycles.